The van der Waals surface area contributed by atoms with Crippen LogP contribution in [0.15, 0.2) is 29.4 Å². The maximum atomic E-state index is 13.5. The monoisotopic (exact) mass is 349 g/mol. The van der Waals surface area contributed by atoms with E-state index in [0.717, 1.165) is 35.9 Å². The Bertz CT molecular complexity index is 700. The summed E-state index contributed by atoms with van der Waals surface area (Å²) >= 11 is 1.43. The van der Waals surface area contributed by atoms with Gasteiger partial charge in [-0.1, -0.05) is 43.3 Å². The van der Waals surface area contributed by atoms with Crippen LogP contribution in [-0.2, 0) is 17.9 Å². The maximum absolute atomic E-state index is 13.5. The molecular formula is C18H24FN3OS. The number of imidazole rings is 1. The molecule has 130 valence electrons. The predicted molar refractivity (Wildman–Crippen MR) is 95.6 cm³/mol. The highest BCUT2D eigenvalue weighted by molar-refractivity contribution is 7.99. The van der Waals surface area contributed by atoms with Gasteiger partial charge in [0.25, 0.3) is 0 Å². The third-order valence-corrected chi connectivity index (χ3v) is 4.90. The molecule has 0 bridgehead atoms. The zero-order valence-corrected chi connectivity index (χ0v) is 15.3. The van der Waals surface area contributed by atoms with Gasteiger partial charge in [0.1, 0.15) is 5.82 Å². The summed E-state index contributed by atoms with van der Waals surface area (Å²) in [5.74, 6) is -0.147. The summed E-state index contributed by atoms with van der Waals surface area (Å²) in [5.41, 5.74) is 2.64. The second kappa shape index (κ2) is 8.87. The summed E-state index contributed by atoms with van der Waals surface area (Å²) in [6.45, 7) is 7.32. The van der Waals surface area contributed by atoms with Crippen molar-refractivity contribution >= 4 is 17.7 Å². The lowest BCUT2D eigenvalue weighted by Gasteiger charge is -2.09. The normalized spacial score (nSPS) is 10.8. The smallest absolute Gasteiger partial charge is 0.230 e. The highest BCUT2D eigenvalue weighted by atomic mass is 32.2. The molecule has 4 nitrogen and oxygen atoms in total. The van der Waals surface area contributed by atoms with Crippen LogP contribution >= 0.6 is 11.8 Å². The molecule has 0 unspecified atom stereocenters. The zero-order chi connectivity index (χ0) is 17.5. The Hall–Kier alpha value is -1.82. The second-order valence-corrected chi connectivity index (χ2v) is 6.67. The fourth-order valence-electron chi connectivity index (χ4n) is 2.33. The Kier molecular flexibility index (Phi) is 6.85. The highest BCUT2D eigenvalue weighted by Crippen LogP contribution is 2.21. The number of halogens is 1. The topological polar surface area (TPSA) is 46.9 Å². The molecule has 2 rings (SSSR count). The largest absolute Gasteiger partial charge is 0.351 e. The first kappa shape index (κ1) is 18.5. The molecule has 0 saturated carbocycles. The summed E-state index contributed by atoms with van der Waals surface area (Å²) in [6.07, 6.45) is 2.20. The van der Waals surface area contributed by atoms with Gasteiger partial charge in [-0.2, -0.15) is 0 Å². The fourth-order valence-corrected chi connectivity index (χ4v) is 3.28. The van der Waals surface area contributed by atoms with Crippen LogP contribution in [0.5, 0.6) is 0 Å². The van der Waals surface area contributed by atoms with Crippen LogP contribution in [0.1, 0.15) is 36.7 Å². The average molecular weight is 349 g/mol. The van der Waals surface area contributed by atoms with Crippen molar-refractivity contribution in [3.8, 4) is 0 Å². The van der Waals surface area contributed by atoms with Crippen molar-refractivity contribution in [1.29, 1.82) is 0 Å². The van der Waals surface area contributed by atoms with Gasteiger partial charge in [-0.25, -0.2) is 9.37 Å². The number of unbranched alkanes of at least 4 members (excludes halogenated alkanes) is 1. The van der Waals surface area contributed by atoms with E-state index in [9.17, 15) is 9.18 Å². The Morgan fingerprint density at radius 2 is 2.08 bits per heavy atom. The van der Waals surface area contributed by atoms with E-state index in [1.54, 1.807) is 18.2 Å². The van der Waals surface area contributed by atoms with E-state index in [2.05, 4.69) is 28.7 Å². The molecule has 1 N–H and O–H groups in total. The fraction of sp³-hybridized carbons (Fsp3) is 0.444. The number of amides is 1. The molecule has 0 spiro atoms. The van der Waals surface area contributed by atoms with Gasteiger partial charge in [-0.3, -0.25) is 4.79 Å². The molecule has 0 saturated heterocycles. The highest BCUT2D eigenvalue weighted by Gasteiger charge is 2.13. The van der Waals surface area contributed by atoms with Crippen LogP contribution in [0.3, 0.4) is 0 Å². The minimum Gasteiger partial charge on any atom is -0.351 e. The van der Waals surface area contributed by atoms with Crippen molar-refractivity contribution in [2.24, 2.45) is 0 Å². The lowest BCUT2D eigenvalue weighted by Crippen LogP contribution is -2.25. The van der Waals surface area contributed by atoms with Gasteiger partial charge in [-0.05, 0) is 26.3 Å². The first-order chi connectivity index (χ1) is 11.5. The van der Waals surface area contributed by atoms with Crippen LogP contribution in [0.2, 0.25) is 0 Å². The zero-order valence-electron chi connectivity index (χ0n) is 14.4. The quantitative estimate of drug-likeness (QED) is 0.737. The Morgan fingerprint density at radius 3 is 2.79 bits per heavy atom. The lowest BCUT2D eigenvalue weighted by molar-refractivity contribution is -0.118. The van der Waals surface area contributed by atoms with Crippen LogP contribution in [0, 0.1) is 19.7 Å². The molecule has 0 aliphatic heterocycles. The number of nitrogens with one attached hydrogen (secondary N) is 1. The van der Waals surface area contributed by atoms with Crippen molar-refractivity contribution < 1.29 is 9.18 Å². The van der Waals surface area contributed by atoms with Crippen molar-refractivity contribution in [3.05, 3.63) is 47.0 Å². The van der Waals surface area contributed by atoms with Crippen LogP contribution in [0.25, 0.3) is 0 Å². The van der Waals surface area contributed by atoms with Crippen LogP contribution < -0.4 is 5.32 Å². The Labute approximate surface area is 146 Å². The molecule has 2 aromatic rings. The molecule has 1 aromatic carbocycles. The van der Waals surface area contributed by atoms with Gasteiger partial charge in [0.2, 0.25) is 5.91 Å². The molecule has 1 aromatic heterocycles. The second-order valence-electron chi connectivity index (χ2n) is 5.73. The SMILES string of the molecule is CCCCn1c(SCC(=O)NCc2ccccc2F)nc(C)c1C. The van der Waals surface area contributed by atoms with Gasteiger partial charge >= 0.3 is 0 Å². The van der Waals surface area contributed by atoms with Gasteiger partial charge in [0, 0.05) is 24.3 Å². The number of hydrogen-bond donors (Lipinski definition) is 1. The van der Waals surface area contributed by atoms with Gasteiger partial charge in [0.15, 0.2) is 5.16 Å². The molecule has 1 amide bonds. The number of rotatable bonds is 8. The van der Waals surface area contributed by atoms with Gasteiger partial charge in [0.05, 0.1) is 11.4 Å². The standard InChI is InChI=1S/C18H24FN3OS/c1-4-5-10-22-14(3)13(2)21-18(22)24-12-17(23)20-11-15-8-6-7-9-16(15)19/h6-9H,4-5,10-12H2,1-3H3,(H,20,23). The first-order valence-corrected chi connectivity index (χ1v) is 9.18. The van der Waals surface area contributed by atoms with E-state index in [1.165, 1.54) is 17.8 Å². The van der Waals surface area contributed by atoms with Crippen molar-refractivity contribution in [2.75, 3.05) is 5.75 Å². The summed E-state index contributed by atoms with van der Waals surface area (Å²) in [5, 5.41) is 3.63. The number of carbonyl (C=O) groups excluding carboxylic acids is 1. The Morgan fingerprint density at radius 1 is 1.33 bits per heavy atom. The van der Waals surface area contributed by atoms with E-state index < -0.39 is 0 Å². The summed E-state index contributed by atoms with van der Waals surface area (Å²) in [7, 11) is 0. The molecule has 0 fully saturated rings. The maximum Gasteiger partial charge on any atom is 0.230 e. The van der Waals surface area contributed by atoms with E-state index in [1.807, 2.05) is 6.92 Å². The molecule has 6 heteroatoms. The number of nitrogens with zero attached hydrogens (tertiary/aromatic N) is 2. The summed E-state index contributed by atoms with van der Waals surface area (Å²) in [6, 6.07) is 6.46. The molecule has 1 heterocycles. The van der Waals surface area contributed by atoms with Crippen molar-refractivity contribution in [3.63, 3.8) is 0 Å². The van der Waals surface area contributed by atoms with E-state index in [0.29, 0.717) is 5.56 Å². The minimum atomic E-state index is -0.299. The van der Waals surface area contributed by atoms with Gasteiger partial charge < -0.3 is 9.88 Å². The average Bonchev–Trinajstić information content (AvgIpc) is 2.84. The summed E-state index contributed by atoms with van der Waals surface area (Å²) < 4.78 is 15.7. The van der Waals surface area contributed by atoms with E-state index in [4.69, 9.17) is 0 Å². The molecule has 0 aliphatic carbocycles. The molecule has 0 atom stereocenters. The number of thioether (sulfide) groups is 1. The molecular weight excluding hydrogens is 325 g/mol. The van der Waals surface area contributed by atoms with Crippen molar-refractivity contribution in [1.82, 2.24) is 14.9 Å². The predicted octanol–water partition coefficient (Wildman–Crippen LogP) is 3.85. The van der Waals surface area contributed by atoms with Crippen LogP contribution in [-0.4, -0.2) is 21.2 Å². The summed E-state index contributed by atoms with van der Waals surface area (Å²) in [4.78, 5) is 16.6. The molecule has 24 heavy (non-hydrogen) atoms. The number of aromatic nitrogens is 2. The van der Waals surface area contributed by atoms with Gasteiger partial charge in [-0.15, -0.1) is 0 Å². The van der Waals surface area contributed by atoms with E-state index >= 15 is 0 Å². The molecule has 0 radical (unpaired) electrons. The third kappa shape index (κ3) is 4.84. The third-order valence-electron chi connectivity index (χ3n) is 3.92. The minimum absolute atomic E-state index is 0.122. The number of hydrogen-bond acceptors (Lipinski definition) is 3. The number of carbonyl (C=O) groups is 1. The molecule has 0 aliphatic rings. The van der Waals surface area contributed by atoms with Crippen molar-refractivity contribution in [2.45, 2.75) is 51.9 Å². The number of aryl methyl sites for hydroxylation is 1. The Balaban J connectivity index is 1.90. The first-order valence-electron chi connectivity index (χ1n) is 8.19. The van der Waals surface area contributed by atoms with Crippen LogP contribution in [0.4, 0.5) is 4.39 Å². The number of benzene rings is 1. The van der Waals surface area contributed by atoms with E-state index in [-0.39, 0.29) is 24.0 Å². The lowest BCUT2D eigenvalue weighted by atomic mass is 10.2.